The number of rotatable bonds is 9. The van der Waals surface area contributed by atoms with Crippen molar-refractivity contribution < 1.29 is 28.3 Å². The second-order valence-corrected chi connectivity index (χ2v) is 18.3. The molecule has 2 aromatic carbocycles. The summed E-state index contributed by atoms with van der Waals surface area (Å²) in [7, 11) is -2.83. The minimum absolute atomic E-state index is 0.0121. The summed E-state index contributed by atoms with van der Waals surface area (Å²) in [6.07, 6.45) is -0.485. The first kappa shape index (κ1) is 34.0. The third-order valence-corrected chi connectivity index (χ3v) is 11.9. The fourth-order valence-electron chi connectivity index (χ4n) is 5.20. The van der Waals surface area contributed by atoms with E-state index in [9.17, 15) is 14.4 Å². The van der Waals surface area contributed by atoms with Crippen LogP contribution in [0.25, 0.3) is 0 Å². The summed E-state index contributed by atoms with van der Waals surface area (Å²) in [6.45, 7) is 17.2. The number of carbonyl (C=O) groups excluding carboxylic acids is 3. The maximum atomic E-state index is 13.1. The number of nitrogens with one attached hydrogen (secondary N) is 2. The van der Waals surface area contributed by atoms with Crippen molar-refractivity contribution in [3.05, 3.63) is 60.7 Å². The third-order valence-electron chi connectivity index (χ3n) is 6.95. The number of carbonyl (C=O) groups is 3. The van der Waals surface area contributed by atoms with Crippen molar-refractivity contribution in [2.75, 3.05) is 6.61 Å². The molecule has 0 bridgehead atoms. The number of ether oxygens (including phenoxy) is 2. The molecular formula is C33H47N3O6Si. The zero-order chi connectivity index (χ0) is 32.1. The summed E-state index contributed by atoms with van der Waals surface area (Å²) in [4.78, 5) is 38.7. The highest BCUT2D eigenvalue weighted by Gasteiger charge is 2.50. The van der Waals surface area contributed by atoms with Gasteiger partial charge < -0.3 is 19.2 Å². The van der Waals surface area contributed by atoms with Gasteiger partial charge in [-0.2, -0.15) is 5.10 Å². The topological polar surface area (TPSA) is 115 Å². The van der Waals surface area contributed by atoms with E-state index in [1.807, 2.05) is 36.4 Å². The van der Waals surface area contributed by atoms with Gasteiger partial charge in [-0.05, 0) is 63.4 Å². The van der Waals surface area contributed by atoms with Crippen LogP contribution in [-0.2, 0) is 23.5 Å². The Morgan fingerprint density at radius 2 is 1.40 bits per heavy atom. The highest BCUT2D eigenvalue weighted by atomic mass is 28.4. The average molecular weight is 610 g/mol. The largest absolute Gasteiger partial charge is 0.458 e. The van der Waals surface area contributed by atoms with Crippen LogP contribution in [0.4, 0.5) is 4.79 Å². The molecule has 1 heterocycles. The smallest absolute Gasteiger partial charge is 0.408 e. The first-order valence-electron chi connectivity index (χ1n) is 14.7. The van der Waals surface area contributed by atoms with E-state index in [0.29, 0.717) is 5.71 Å². The highest BCUT2D eigenvalue weighted by Crippen LogP contribution is 2.37. The number of hydrogen-bond donors (Lipinski definition) is 2. The molecule has 9 nitrogen and oxygen atoms in total. The second-order valence-electron chi connectivity index (χ2n) is 14.0. The van der Waals surface area contributed by atoms with E-state index in [1.165, 1.54) is 0 Å². The lowest BCUT2D eigenvalue weighted by Crippen LogP contribution is -2.67. The van der Waals surface area contributed by atoms with E-state index in [4.69, 9.17) is 13.9 Å². The van der Waals surface area contributed by atoms with Crippen LogP contribution in [0.1, 0.15) is 75.2 Å². The number of alkyl carbamates (subject to hydrolysis) is 1. The molecule has 0 saturated heterocycles. The summed E-state index contributed by atoms with van der Waals surface area (Å²) < 4.78 is 18.0. The minimum atomic E-state index is -2.83. The van der Waals surface area contributed by atoms with Crippen LogP contribution < -0.4 is 21.1 Å². The lowest BCUT2D eigenvalue weighted by Gasteiger charge is -2.43. The van der Waals surface area contributed by atoms with Crippen LogP contribution in [0.3, 0.4) is 0 Å². The van der Waals surface area contributed by atoms with Crippen molar-refractivity contribution in [2.45, 2.75) is 97.4 Å². The summed E-state index contributed by atoms with van der Waals surface area (Å²) in [6, 6.07) is 19.5. The first-order chi connectivity index (χ1) is 19.9. The zero-order valence-electron chi connectivity index (χ0n) is 26.9. The third kappa shape index (κ3) is 9.24. The molecule has 0 fully saturated rings. The molecule has 43 heavy (non-hydrogen) atoms. The predicted octanol–water partition coefficient (Wildman–Crippen LogP) is 4.68. The van der Waals surface area contributed by atoms with Crippen LogP contribution in [0.15, 0.2) is 65.8 Å². The van der Waals surface area contributed by atoms with E-state index < -0.39 is 43.5 Å². The Labute approximate surface area is 256 Å². The van der Waals surface area contributed by atoms with Crippen molar-refractivity contribution in [3.8, 4) is 0 Å². The van der Waals surface area contributed by atoms with Gasteiger partial charge in [-0.15, -0.1) is 0 Å². The van der Waals surface area contributed by atoms with Crippen molar-refractivity contribution in [1.82, 2.24) is 10.7 Å². The summed E-state index contributed by atoms with van der Waals surface area (Å²) in [5.74, 6) is -1.63. The molecule has 0 saturated carbocycles. The molecule has 2 N–H and O–H groups in total. The maximum absolute atomic E-state index is 13.1. The molecule has 2 aromatic rings. The Hall–Kier alpha value is -3.50. The normalized spacial score (nSPS) is 16.9. The lowest BCUT2D eigenvalue weighted by atomic mass is 9.92. The Balaban J connectivity index is 1.86. The number of hydrazone groups is 1. The molecule has 3 rings (SSSR count). The van der Waals surface area contributed by atoms with E-state index in [0.717, 1.165) is 10.4 Å². The maximum Gasteiger partial charge on any atom is 0.408 e. The Kier molecular flexibility index (Phi) is 10.6. The quantitative estimate of drug-likeness (QED) is 0.315. The predicted molar refractivity (Wildman–Crippen MR) is 171 cm³/mol. The molecule has 0 radical (unpaired) electrons. The molecule has 0 spiro atoms. The van der Waals surface area contributed by atoms with Gasteiger partial charge >= 0.3 is 12.1 Å². The van der Waals surface area contributed by atoms with E-state index in [1.54, 1.807) is 41.5 Å². The SMILES string of the molecule is CC(C)(C)OC(=O)N[C@@H](C[C@H]1CC(CO[Si](c2ccccc2)(c2ccccc2)C(C)(C)C)=NNC1=O)C(=O)OC(C)(C)C. The van der Waals surface area contributed by atoms with Gasteiger partial charge in [0.1, 0.15) is 17.2 Å². The van der Waals surface area contributed by atoms with Crippen LogP contribution in [0.2, 0.25) is 5.04 Å². The number of benzene rings is 2. The first-order valence-corrected chi connectivity index (χ1v) is 16.6. The fourth-order valence-corrected chi connectivity index (χ4v) is 9.74. The van der Waals surface area contributed by atoms with Crippen LogP contribution in [0.5, 0.6) is 0 Å². The molecule has 0 unspecified atom stereocenters. The second kappa shape index (κ2) is 13.4. The molecule has 1 aliphatic heterocycles. The van der Waals surface area contributed by atoms with Gasteiger partial charge in [0.2, 0.25) is 5.91 Å². The molecule has 0 aliphatic carbocycles. The van der Waals surface area contributed by atoms with Crippen molar-refractivity contribution in [3.63, 3.8) is 0 Å². The van der Waals surface area contributed by atoms with Gasteiger partial charge in [-0.25, -0.2) is 15.0 Å². The minimum Gasteiger partial charge on any atom is -0.458 e. The van der Waals surface area contributed by atoms with Gasteiger partial charge in [0.05, 0.1) is 12.3 Å². The number of nitrogens with zero attached hydrogens (tertiary/aromatic N) is 1. The van der Waals surface area contributed by atoms with Crippen molar-refractivity contribution >= 4 is 42.4 Å². The number of hydrogen-bond acceptors (Lipinski definition) is 7. The molecule has 10 heteroatoms. The number of esters is 1. The average Bonchev–Trinajstić information content (AvgIpc) is 2.88. The van der Waals surface area contributed by atoms with Crippen LogP contribution >= 0.6 is 0 Å². The van der Waals surface area contributed by atoms with Gasteiger partial charge in [0, 0.05) is 12.3 Å². The Morgan fingerprint density at radius 3 is 1.86 bits per heavy atom. The molecule has 1 aliphatic rings. The highest BCUT2D eigenvalue weighted by molar-refractivity contribution is 6.99. The van der Waals surface area contributed by atoms with Crippen LogP contribution in [-0.4, -0.2) is 55.8 Å². The fraction of sp³-hybridized carbons (Fsp3) is 0.515. The van der Waals surface area contributed by atoms with Crippen LogP contribution in [0, 0.1) is 5.92 Å². The molecule has 2 atom stereocenters. The van der Waals surface area contributed by atoms with Crippen molar-refractivity contribution in [2.24, 2.45) is 11.0 Å². The van der Waals surface area contributed by atoms with Gasteiger partial charge in [0.25, 0.3) is 8.32 Å². The number of amides is 2. The van der Waals surface area contributed by atoms with Gasteiger partial charge in [-0.3, -0.25) is 4.79 Å². The standard InChI is InChI=1S/C33H47N3O6Si/c1-31(2,3)41-29(38)27(34-30(39)42-32(4,5)6)21-23-20-24(35-36-28(23)37)22-40-43(33(7,8)9,25-16-12-10-13-17-25)26-18-14-11-15-19-26/h10-19,23,27H,20-22H2,1-9H3,(H,34,39)(H,36,37)/t23-,27+/m1/s1. The molecule has 0 aromatic heterocycles. The van der Waals surface area contributed by atoms with E-state index in [2.05, 4.69) is 60.9 Å². The van der Waals surface area contributed by atoms with E-state index in [-0.39, 0.29) is 30.4 Å². The molecule has 234 valence electrons. The van der Waals surface area contributed by atoms with Gasteiger partial charge in [0.15, 0.2) is 0 Å². The lowest BCUT2D eigenvalue weighted by molar-refractivity contribution is -0.158. The summed E-state index contributed by atoms with van der Waals surface area (Å²) >= 11 is 0. The van der Waals surface area contributed by atoms with Gasteiger partial charge in [-0.1, -0.05) is 81.4 Å². The Morgan fingerprint density at radius 1 is 0.884 bits per heavy atom. The summed E-state index contributed by atoms with van der Waals surface area (Å²) in [5, 5.41) is 9.00. The zero-order valence-corrected chi connectivity index (χ0v) is 27.9. The monoisotopic (exact) mass is 609 g/mol. The molecular weight excluding hydrogens is 562 g/mol. The van der Waals surface area contributed by atoms with E-state index >= 15 is 0 Å². The summed E-state index contributed by atoms with van der Waals surface area (Å²) in [5.41, 5.74) is 1.72. The Bertz CT molecular complexity index is 1250. The molecule has 2 amide bonds. The van der Waals surface area contributed by atoms with Crippen molar-refractivity contribution in [1.29, 1.82) is 0 Å².